The van der Waals surface area contributed by atoms with Crippen molar-refractivity contribution in [2.24, 2.45) is 5.92 Å². The van der Waals surface area contributed by atoms with Gasteiger partial charge in [0.1, 0.15) is 18.2 Å². The van der Waals surface area contributed by atoms with E-state index in [1.54, 1.807) is 27.7 Å². The van der Waals surface area contributed by atoms with Gasteiger partial charge < -0.3 is 14.4 Å². The Bertz CT molecular complexity index is 485. The number of methoxy groups -OCH3 is 1. The first-order valence-corrected chi connectivity index (χ1v) is 8.61. The molecule has 24 heavy (non-hydrogen) atoms. The molecule has 0 aromatic rings. The molecule has 0 aromatic heterocycles. The van der Waals surface area contributed by atoms with Crippen LogP contribution in [0.5, 0.6) is 0 Å². The summed E-state index contributed by atoms with van der Waals surface area (Å²) in [6.07, 6.45) is 0. The lowest BCUT2D eigenvalue weighted by molar-refractivity contribution is -0.163. The minimum Gasteiger partial charge on any atom is -0.467 e. The van der Waals surface area contributed by atoms with Crippen LogP contribution in [0.1, 0.15) is 41.5 Å². The highest BCUT2D eigenvalue weighted by molar-refractivity contribution is 8.13. The second kappa shape index (κ2) is 9.66. The molecule has 138 valence electrons. The second-order valence-electron chi connectivity index (χ2n) is 6.46. The first-order chi connectivity index (χ1) is 10.9. The van der Waals surface area contributed by atoms with Crippen molar-refractivity contribution in [1.29, 1.82) is 0 Å². The van der Waals surface area contributed by atoms with Crippen LogP contribution in [-0.2, 0) is 28.7 Å². The van der Waals surface area contributed by atoms with E-state index in [0.29, 0.717) is 0 Å². The van der Waals surface area contributed by atoms with E-state index in [0.717, 1.165) is 16.7 Å². The first-order valence-electron chi connectivity index (χ1n) is 7.62. The molecule has 8 heteroatoms. The first kappa shape index (κ1) is 22.4. The van der Waals surface area contributed by atoms with Crippen LogP contribution in [0.3, 0.4) is 0 Å². The summed E-state index contributed by atoms with van der Waals surface area (Å²) in [6, 6.07) is -0.931. The molecule has 2 atom stereocenters. The number of rotatable bonds is 7. The summed E-state index contributed by atoms with van der Waals surface area (Å²) in [7, 11) is 1.21. The summed E-state index contributed by atoms with van der Waals surface area (Å²) in [4.78, 5) is 48.6. The van der Waals surface area contributed by atoms with Gasteiger partial charge in [0, 0.05) is 18.6 Å². The normalized spacial score (nSPS) is 13.6. The number of ether oxygens (including phenoxy) is 2. The molecule has 0 aliphatic carbocycles. The van der Waals surface area contributed by atoms with E-state index in [4.69, 9.17) is 4.74 Å². The number of carbonyl (C=O) groups is 4. The minimum absolute atomic E-state index is 0.102. The van der Waals surface area contributed by atoms with E-state index in [1.165, 1.54) is 21.0 Å². The molecule has 0 spiro atoms. The zero-order valence-electron chi connectivity index (χ0n) is 15.4. The van der Waals surface area contributed by atoms with Crippen molar-refractivity contribution in [2.45, 2.75) is 53.2 Å². The van der Waals surface area contributed by atoms with Crippen molar-refractivity contribution in [3.8, 4) is 0 Å². The summed E-state index contributed by atoms with van der Waals surface area (Å²) in [5.74, 6) is -1.91. The van der Waals surface area contributed by atoms with Crippen LogP contribution in [0.4, 0.5) is 0 Å². The van der Waals surface area contributed by atoms with E-state index in [1.807, 2.05) is 0 Å². The van der Waals surface area contributed by atoms with Crippen molar-refractivity contribution >= 4 is 34.7 Å². The van der Waals surface area contributed by atoms with Crippen LogP contribution in [0.25, 0.3) is 0 Å². The quantitative estimate of drug-likeness (QED) is 0.637. The van der Waals surface area contributed by atoms with Crippen LogP contribution < -0.4 is 0 Å². The fraction of sp³-hybridized carbons (Fsp3) is 0.750. The predicted molar refractivity (Wildman–Crippen MR) is 91.3 cm³/mol. The summed E-state index contributed by atoms with van der Waals surface area (Å²) < 4.78 is 9.87. The molecule has 0 saturated carbocycles. The Kier molecular flexibility index (Phi) is 9.03. The standard InChI is InChI=1S/C16H27NO6S/c1-10(9-24-12(3)18)14(20)17(11(2)15(21)22-7)8-13(19)23-16(4,5)6/h10-11H,8-9H2,1-7H3/t10?,11-/m1/s1. The van der Waals surface area contributed by atoms with E-state index >= 15 is 0 Å². The van der Waals surface area contributed by atoms with Gasteiger partial charge in [0.05, 0.1) is 7.11 Å². The maximum Gasteiger partial charge on any atom is 0.328 e. The molecule has 7 nitrogen and oxygen atoms in total. The predicted octanol–water partition coefficient (Wildman–Crippen LogP) is 1.63. The van der Waals surface area contributed by atoms with E-state index in [-0.39, 0.29) is 17.4 Å². The van der Waals surface area contributed by atoms with Crippen molar-refractivity contribution in [3.05, 3.63) is 0 Å². The van der Waals surface area contributed by atoms with E-state index < -0.39 is 35.4 Å². The number of nitrogens with zero attached hydrogens (tertiary/aromatic N) is 1. The van der Waals surface area contributed by atoms with Gasteiger partial charge in [-0.15, -0.1) is 0 Å². The Morgan fingerprint density at radius 1 is 1.12 bits per heavy atom. The van der Waals surface area contributed by atoms with Crippen LogP contribution in [0, 0.1) is 5.92 Å². The molecule has 0 fully saturated rings. The molecule has 0 aromatic carbocycles. The van der Waals surface area contributed by atoms with Gasteiger partial charge in [0.25, 0.3) is 0 Å². The third kappa shape index (κ3) is 8.33. The SMILES string of the molecule is COC(=O)[C@@H](C)N(CC(=O)OC(C)(C)C)C(=O)C(C)CSC(C)=O. The molecule has 0 bridgehead atoms. The average molecular weight is 361 g/mol. The van der Waals surface area contributed by atoms with Crippen LogP contribution in [0.15, 0.2) is 0 Å². The zero-order valence-corrected chi connectivity index (χ0v) is 16.2. The summed E-state index contributed by atoms with van der Waals surface area (Å²) >= 11 is 1.02. The maximum atomic E-state index is 12.6. The van der Waals surface area contributed by atoms with Crippen LogP contribution >= 0.6 is 11.8 Å². The third-order valence-electron chi connectivity index (χ3n) is 2.97. The fourth-order valence-electron chi connectivity index (χ4n) is 1.81. The number of amides is 1. The summed E-state index contributed by atoms with van der Waals surface area (Å²) in [5, 5.41) is -0.102. The second-order valence-corrected chi connectivity index (χ2v) is 7.65. The van der Waals surface area contributed by atoms with Gasteiger partial charge in [-0.2, -0.15) is 0 Å². The van der Waals surface area contributed by atoms with Gasteiger partial charge >= 0.3 is 11.9 Å². The molecule has 0 N–H and O–H groups in total. The molecule has 1 unspecified atom stereocenters. The van der Waals surface area contributed by atoms with Crippen molar-refractivity contribution in [2.75, 3.05) is 19.4 Å². The van der Waals surface area contributed by atoms with Gasteiger partial charge in [0.15, 0.2) is 5.12 Å². The summed E-state index contributed by atoms with van der Waals surface area (Å²) in [6.45, 7) is 9.33. The van der Waals surface area contributed by atoms with Gasteiger partial charge in [-0.05, 0) is 27.7 Å². The number of hydrogen-bond donors (Lipinski definition) is 0. The number of thioether (sulfide) groups is 1. The highest BCUT2D eigenvalue weighted by Gasteiger charge is 2.32. The van der Waals surface area contributed by atoms with Gasteiger partial charge in [-0.25, -0.2) is 4.79 Å². The molecule has 0 saturated heterocycles. The smallest absolute Gasteiger partial charge is 0.328 e. The molecular formula is C16H27NO6S. The van der Waals surface area contributed by atoms with Crippen LogP contribution in [0.2, 0.25) is 0 Å². The van der Waals surface area contributed by atoms with Gasteiger partial charge in [-0.1, -0.05) is 18.7 Å². The van der Waals surface area contributed by atoms with Crippen molar-refractivity contribution < 1.29 is 28.7 Å². The fourth-order valence-corrected chi connectivity index (χ4v) is 2.44. The van der Waals surface area contributed by atoms with Gasteiger partial charge in [0.2, 0.25) is 5.91 Å². The maximum absolute atomic E-state index is 12.6. The molecule has 0 aliphatic rings. The number of esters is 2. The largest absolute Gasteiger partial charge is 0.467 e. The molecule has 0 aliphatic heterocycles. The monoisotopic (exact) mass is 361 g/mol. The molecule has 0 rings (SSSR count). The lowest BCUT2D eigenvalue weighted by Gasteiger charge is -2.30. The lowest BCUT2D eigenvalue weighted by atomic mass is 10.1. The highest BCUT2D eigenvalue weighted by atomic mass is 32.2. The molecular weight excluding hydrogens is 334 g/mol. The summed E-state index contributed by atoms with van der Waals surface area (Å²) in [5.41, 5.74) is -0.698. The Labute approximate surface area is 147 Å². The Morgan fingerprint density at radius 2 is 1.67 bits per heavy atom. The topological polar surface area (TPSA) is 90.0 Å². The Balaban J connectivity index is 5.18. The minimum atomic E-state index is -0.931. The Morgan fingerprint density at radius 3 is 2.08 bits per heavy atom. The Hall–Kier alpha value is -1.57. The number of carbonyl (C=O) groups excluding carboxylic acids is 4. The average Bonchev–Trinajstić information content (AvgIpc) is 2.46. The molecule has 0 radical (unpaired) electrons. The molecule has 0 heterocycles. The van der Waals surface area contributed by atoms with E-state index in [9.17, 15) is 19.2 Å². The van der Waals surface area contributed by atoms with Gasteiger partial charge in [-0.3, -0.25) is 14.4 Å². The number of hydrogen-bond acceptors (Lipinski definition) is 7. The highest BCUT2D eigenvalue weighted by Crippen LogP contribution is 2.16. The molecule has 1 amide bonds. The van der Waals surface area contributed by atoms with Crippen molar-refractivity contribution in [1.82, 2.24) is 4.90 Å². The zero-order chi connectivity index (χ0) is 19.1. The lowest BCUT2D eigenvalue weighted by Crippen LogP contribution is -2.49. The van der Waals surface area contributed by atoms with E-state index in [2.05, 4.69) is 4.74 Å². The third-order valence-corrected chi connectivity index (χ3v) is 4.04. The van der Waals surface area contributed by atoms with Crippen LogP contribution in [-0.4, -0.2) is 58.9 Å². The van der Waals surface area contributed by atoms with Crippen molar-refractivity contribution in [3.63, 3.8) is 0 Å².